The molecule has 1 N–H and O–H groups in total. The molecule has 0 bridgehead atoms. The summed E-state index contributed by atoms with van der Waals surface area (Å²) >= 11 is 0. The number of methoxy groups -OCH3 is 1. The molecule has 29 heavy (non-hydrogen) atoms. The van der Waals surface area contributed by atoms with Crippen LogP contribution in [0.1, 0.15) is 42.7 Å². The van der Waals surface area contributed by atoms with E-state index in [-0.39, 0.29) is 29.2 Å². The summed E-state index contributed by atoms with van der Waals surface area (Å²) in [7, 11) is 1.25. The van der Waals surface area contributed by atoms with Gasteiger partial charge in [-0.25, -0.2) is 4.39 Å². The Morgan fingerprint density at radius 2 is 1.93 bits per heavy atom. The summed E-state index contributed by atoms with van der Waals surface area (Å²) in [6, 6.07) is 5.45. The van der Waals surface area contributed by atoms with Crippen LogP contribution in [0.2, 0.25) is 0 Å². The van der Waals surface area contributed by atoms with E-state index < -0.39 is 29.6 Å². The van der Waals surface area contributed by atoms with Crippen LogP contribution in [0.15, 0.2) is 30.5 Å². The molecule has 2 heterocycles. The third-order valence-corrected chi connectivity index (χ3v) is 5.28. The molecule has 0 aliphatic carbocycles. The molecule has 2 aromatic rings. The molecule has 4 atom stereocenters. The van der Waals surface area contributed by atoms with Crippen molar-refractivity contribution in [1.82, 2.24) is 4.98 Å². The first-order chi connectivity index (χ1) is 13.7. The van der Waals surface area contributed by atoms with Gasteiger partial charge in [0.25, 0.3) is 5.91 Å². The SMILES string of the molecule is COc1c([C@@H]2[C@@H](C)[C@@H](C)O[C@H]2C(=O)Nc2ccnc(C(C)=O)c2)ccc(F)c1F. The second-order valence-corrected chi connectivity index (χ2v) is 7.11. The topological polar surface area (TPSA) is 77.5 Å². The smallest absolute Gasteiger partial charge is 0.254 e. The number of aromatic nitrogens is 1. The van der Waals surface area contributed by atoms with Gasteiger partial charge in [-0.3, -0.25) is 14.6 Å². The van der Waals surface area contributed by atoms with Crippen molar-refractivity contribution in [3.63, 3.8) is 0 Å². The minimum absolute atomic E-state index is 0.158. The van der Waals surface area contributed by atoms with Gasteiger partial charge in [-0.15, -0.1) is 0 Å². The number of anilines is 1. The number of carbonyl (C=O) groups excluding carboxylic acids is 2. The molecule has 1 fully saturated rings. The summed E-state index contributed by atoms with van der Waals surface area (Å²) in [6.07, 6.45) is 0.176. The van der Waals surface area contributed by atoms with Gasteiger partial charge in [-0.05, 0) is 31.0 Å². The Bertz CT molecular complexity index is 950. The lowest BCUT2D eigenvalue weighted by Gasteiger charge is -2.23. The number of amides is 1. The van der Waals surface area contributed by atoms with Gasteiger partial charge in [0.05, 0.1) is 13.2 Å². The fraction of sp³-hybridized carbons (Fsp3) is 0.381. The number of rotatable bonds is 5. The molecule has 1 aromatic heterocycles. The third kappa shape index (κ3) is 3.98. The molecule has 154 valence electrons. The van der Waals surface area contributed by atoms with E-state index in [9.17, 15) is 18.4 Å². The highest BCUT2D eigenvalue weighted by molar-refractivity contribution is 5.97. The molecule has 1 aromatic carbocycles. The molecule has 3 rings (SSSR count). The summed E-state index contributed by atoms with van der Waals surface area (Å²) in [5, 5.41) is 2.72. The fourth-order valence-corrected chi connectivity index (χ4v) is 3.61. The summed E-state index contributed by atoms with van der Waals surface area (Å²) in [5.41, 5.74) is 0.972. The number of halogens is 2. The van der Waals surface area contributed by atoms with Crippen LogP contribution in [0.25, 0.3) is 0 Å². The van der Waals surface area contributed by atoms with E-state index in [1.807, 2.05) is 13.8 Å². The van der Waals surface area contributed by atoms with Crippen molar-refractivity contribution < 1.29 is 27.8 Å². The Labute approximate surface area is 167 Å². The van der Waals surface area contributed by atoms with E-state index in [2.05, 4.69) is 10.3 Å². The molecule has 0 spiro atoms. The highest BCUT2D eigenvalue weighted by Crippen LogP contribution is 2.44. The predicted octanol–water partition coefficient (Wildman–Crippen LogP) is 3.72. The molecule has 0 saturated carbocycles. The predicted molar refractivity (Wildman–Crippen MR) is 102 cm³/mol. The minimum Gasteiger partial charge on any atom is -0.493 e. The fourth-order valence-electron chi connectivity index (χ4n) is 3.61. The van der Waals surface area contributed by atoms with Crippen molar-refractivity contribution in [2.45, 2.75) is 38.9 Å². The summed E-state index contributed by atoms with van der Waals surface area (Å²) < 4.78 is 38.9. The standard InChI is InChI=1S/C21H22F2N2O4/c1-10-12(3)29-20(17(10)14-5-6-15(22)18(23)19(14)28-4)21(27)25-13-7-8-24-16(9-13)11(2)26/h5-10,12,17,20H,1-4H3,(H,24,25,27)/t10-,12+,17-,20+/m0/s1. The van der Waals surface area contributed by atoms with Crippen LogP contribution in [0.3, 0.4) is 0 Å². The van der Waals surface area contributed by atoms with Gasteiger partial charge < -0.3 is 14.8 Å². The van der Waals surface area contributed by atoms with Gasteiger partial charge in [0.2, 0.25) is 5.82 Å². The molecule has 6 nitrogen and oxygen atoms in total. The third-order valence-electron chi connectivity index (χ3n) is 5.28. The number of ether oxygens (including phenoxy) is 2. The van der Waals surface area contributed by atoms with Gasteiger partial charge in [-0.2, -0.15) is 4.39 Å². The van der Waals surface area contributed by atoms with Gasteiger partial charge in [-0.1, -0.05) is 13.0 Å². The lowest BCUT2D eigenvalue weighted by atomic mass is 9.82. The maximum Gasteiger partial charge on any atom is 0.254 e. The molecule has 0 radical (unpaired) electrons. The number of carbonyl (C=O) groups is 2. The van der Waals surface area contributed by atoms with Crippen LogP contribution in [-0.2, 0) is 9.53 Å². The number of nitrogens with zero attached hydrogens (tertiary/aromatic N) is 1. The molecule has 1 saturated heterocycles. The van der Waals surface area contributed by atoms with Crippen LogP contribution < -0.4 is 10.1 Å². The Morgan fingerprint density at radius 3 is 2.59 bits per heavy atom. The first-order valence-electron chi connectivity index (χ1n) is 9.19. The number of Topliss-reactive ketones (excluding diaryl/α,β-unsaturated/α-hetero) is 1. The van der Waals surface area contributed by atoms with Crippen molar-refractivity contribution in [2.24, 2.45) is 5.92 Å². The van der Waals surface area contributed by atoms with Gasteiger partial charge >= 0.3 is 0 Å². The highest BCUT2D eigenvalue weighted by Gasteiger charge is 2.46. The number of nitrogens with one attached hydrogen (secondary N) is 1. The highest BCUT2D eigenvalue weighted by atomic mass is 19.2. The Balaban J connectivity index is 1.94. The average Bonchev–Trinajstić information content (AvgIpc) is 2.99. The normalized spacial score (nSPS) is 23.7. The minimum atomic E-state index is -1.10. The van der Waals surface area contributed by atoms with E-state index in [0.29, 0.717) is 11.3 Å². The number of hydrogen-bond acceptors (Lipinski definition) is 5. The van der Waals surface area contributed by atoms with E-state index >= 15 is 0 Å². The lowest BCUT2D eigenvalue weighted by molar-refractivity contribution is -0.127. The van der Waals surface area contributed by atoms with Crippen molar-refractivity contribution in [3.05, 3.63) is 53.4 Å². The summed E-state index contributed by atoms with van der Waals surface area (Å²) in [4.78, 5) is 28.4. The van der Waals surface area contributed by atoms with Crippen molar-refractivity contribution in [2.75, 3.05) is 12.4 Å². The van der Waals surface area contributed by atoms with Crippen molar-refractivity contribution >= 4 is 17.4 Å². The van der Waals surface area contributed by atoms with Crippen LogP contribution in [0, 0.1) is 17.6 Å². The first-order valence-corrected chi connectivity index (χ1v) is 9.19. The quantitative estimate of drug-likeness (QED) is 0.769. The lowest BCUT2D eigenvalue weighted by Crippen LogP contribution is -2.33. The molecular formula is C21H22F2N2O4. The zero-order chi connectivity index (χ0) is 21.3. The van der Waals surface area contributed by atoms with Crippen LogP contribution in [0.5, 0.6) is 5.75 Å². The van der Waals surface area contributed by atoms with Crippen molar-refractivity contribution in [1.29, 1.82) is 0 Å². The molecule has 1 aliphatic rings. The van der Waals surface area contributed by atoms with Crippen molar-refractivity contribution in [3.8, 4) is 5.75 Å². The zero-order valence-corrected chi connectivity index (χ0v) is 16.5. The second-order valence-electron chi connectivity index (χ2n) is 7.11. The monoisotopic (exact) mass is 404 g/mol. The molecular weight excluding hydrogens is 382 g/mol. The maximum atomic E-state index is 14.3. The maximum absolute atomic E-state index is 14.3. The summed E-state index contributed by atoms with van der Waals surface area (Å²) in [6.45, 7) is 5.07. The van der Waals surface area contributed by atoms with E-state index in [1.165, 1.54) is 32.4 Å². The summed E-state index contributed by atoms with van der Waals surface area (Å²) in [5.74, 6) is -3.77. The van der Waals surface area contributed by atoms with E-state index in [1.54, 1.807) is 6.07 Å². The number of pyridine rings is 1. The molecule has 1 amide bonds. The number of hydrogen-bond donors (Lipinski definition) is 1. The van der Waals surface area contributed by atoms with Gasteiger partial charge in [0.15, 0.2) is 17.3 Å². The first kappa shape index (κ1) is 20.9. The molecule has 0 unspecified atom stereocenters. The zero-order valence-electron chi connectivity index (χ0n) is 16.5. The van der Waals surface area contributed by atoms with Gasteiger partial charge in [0, 0.05) is 30.3 Å². The van der Waals surface area contributed by atoms with Gasteiger partial charge in [0.1, 0.15) is 11.8 Å². The largest absolute Gasteiger partial charge is 0.493 e. The number of ketones is 1. The average molecular weight is 404 g/mol. The van der Waals surface area contributed by atoms with E-state index in [0.717, 1.165) is 6.07 Å². The van der Waals surface area contributed by atoms with Crippen LogP contribution in [0.4, 0.5) is 14.5 Å². The Kier molecular flexibility index (Phi) is 5.93. The van der Waals surface area contributed by atoms with Crippen LogP contribution in [-0.4, -0.2) is 36.0 Å². The van der Waals surface area contributed by atoms with E-state index in [4.69, 9.17) is 9.47 Å². The Morgan fingerprint density at radius 1 is 1.21 bits per heavy atom. The number of benzene rings is 1. The molecule has 8 heteroatoms. The Hall–Kier alpha value is -2.87. The van der Waals surface area contributed by atoms with Crippen LogP contribution >= 0.6 is 0 Å². The molecule has 1 aliphatic heterocycles. The second kappa shape index (κ2) is 8.24.